The van der Waals surface area contributed by atoms with Crippen molar-refractivity contribution in [3.05, 3.63) is 44.7 Å². The fourth-order valence-corrected chi connectivity index (χ4v) is 3.55. The van der Waals surface area contributed by atoms with E-state index in [1.807, 2.05) is 35.7 Å². The van der Waals surface area contributed by atoms with E-state index in [4.69, 9.17) is 0 Å². The number of hydrogen-bond donors (Lipinski definition) is 1. The van der Waals surface area contributed by atoms with Crippen molar-refractivity contribution in [3.8, 4) is 22.1 Å². The van der Waals surface area contributed by atoms with Gasteiger partial charge in [-0.15, -0.1) is 11.3 Å². The highest BCUT2D eigenvalue weighted by molar-refractivity contribution is 9.11. The summed E-state index contributed by atoms with van der Waals surface area (Å²) in [4.78, 5) is 5.59. The molecule has 3 nitrogen and oxygen atoms in total. The number of halogens is 2. The zero-order valence-electron chi connectivity index (χ0n) is 9.02. The Morgan fingerprint density at radius 3 is 2.56 bits per heavy atom. The van der Waals surface area contributed by atoms with Crippen molar-refractivity contribution >= 4 is 43.2 Å². The normalized spacial score (nSPS) is 10.8. The Kier molecular flexibility index (Phi) is 3.32. The van der Waals surface area contributed by atoms with Crippen molar-refractivity contribution in [2.24, 2.45) is 0 Å². The fraction of sp³-hybridized carbons (Fsp3) is 0. The summed E-state index contributed by atoms with van der Waals surface area (Å²) in [5.74, 6) is 1.50. The first-order valence-corrected chi connectivity index (χ1v) is 7.62. The van der Waals surface area contributed by atoms with Crippen LogP contribution in [0, 0.1) is 0 Å². The summed E-state index contributed by atoms with van der Waals surface area (Å²) in [5.41, 5.74) is 0.968. The van der Waals surface area contributed by atoms with Crippen LogP contribution in [-0.2, 0) is 0 Å². The van der Waals surface area contributed by atoms with Gasteiger partial charge in [-0.1, -0.05) is 37.9 Å². The predicted molar refractivity (Wildman–Crippen MR) is 80.5 cm³/mol. The summed E-state index contributed by atoms with van der Waals surface area (Å²) >= 11 is 8.56. The van der Waals surface area contributed by atoms with Gasteiger partial charge in [0.05, 0.1) is 4.88 Å². The van der Waals surface area contributed by atoms with Crippen molar-refractivity contribution in [1.82, 2.24) is 15.2 Å². The lowest BCUT2D eigenvalue weighted by molar-refractivity contribution is 1.10. The van der Waals surface area contributed by atoms with Crippen LogP contribution in [0.3, 0.4) is 0 Å². The summed E-state index contributed by atoms with van der Waals surface area (Å²) in [6.07, 6.45) is 0. The molecule has 0 aliphatic heterocycles. The van der Waals surface area contributed by atoms with Gasteiger partial charge in [0.1, 0.15) is 0 Å². The molecule has 0 unspecified atom stereocenters. The van der Waals surface area contributed by atoms with Crippen molar-refractivity contribution < 1.29 is 0 Å². The number of H-pyrrole nitrogens is 1. The standard InChI is InChI=1S/C12H7Br2N3S/c13-8-4-7(5-9(14)6-8)11-15-12(17-16-11)10-2-1-3-18-10/h1-6H,(H,15,16,17). The molecule has 1 aromatic carbocycles. The molecule has 0 amide bonds. The summed E-state index contributed by atoms with van der Waals surface area (Å²) in [7, 11) is 0. The minimum atomic E-state index is 0.695. The van der Waals surface area contributed by atoms with E-state index in [0.29, 0.717) is 5.82 Å². The second kappa shape index (κ2) is 4.95. The molecule has 3 rings (SSSR count). The van der Waals surface area contributed by atoms with Gasteiger partial charge in [-0.3, -0.25) is 5.10 Å². The molecule has 2 heterocycles. The second-order valence-electron chi connectivity index (χ2n) is 3.64. The molecular weight excluding hydrogens is 378 g/mol. The number of aromatic nitrogens is 3. The maximum atomic E-state index is 4.51. The highest BCUT2D eigenvalue weighted by Crippen LogP contribution is 2.27. The van der Waals surface area contributed by atoms with E-state index in [0.717, 1.165) is 25.2 Å². The zero-order valence-corrected chi connectivity index (χ0v) is 13.0. The van der Waals surface area contributed by atoms with Crippen LogP contribution in [0.15, 0.2) is 44.7 Å². The number of benzene rings is 1. The Morgan fingerprint density at radius 2 is 1.89 bits per heavy atom. The maximum absolute atomic E-state index is 4.51. The molecule has 0 radical (unpaired) electrons. The Balaban J connectivity index is 2.03. The number of rotatable bonds is 2. The van der Waals surface area contributed by atoms with Gasteiger partial charge in [-0.25, -0.2) is 4.98 Å². The number of thiophene rings is 1. The highest BCUT2D eigenvalue weighted by Gasteiger charge is 2.09. The molecular formula is C12H7Br2N3S. The van der Waals surface area contributed by atoms with Crippen molar-refractivity contribution in [3.63, 3.8) is 0 Å². The van der Waals surface area contributed by atoms with E-state index in [1.165, 1.54) is 0 Å². The quantitative estimate of drug-likeness (QED) is 0.694. The van der Waals surface area contributed by atoms with E-state index in [-0.39, 0.29) is 0 Å². The third-order valence-electron chi connectivity index (χ3n) is 2.36. The van der Waals surface area contributed by atoms with E-state index in [9.17, 15) is 0 Å². The molecule has 3 aromatic rings. The Hall–Kier alpha value is -0.980. The minimum absolute atomic E-state index is 0.695. The molecule has 90 valence electrons. The molecule has 1 N–H and O–H groups in total. The topological polar surface area (TPSA) is 41.6 Å². The van der Waals surface area contributed by atoms with E-state index in [2.05, 4.69) is 47.0 Å². The lowest BCUT2D eigenvalue weighted by Gasteiger charge is -1.98. The molecule has 2 aromatic heterocycles. The van der Waals surface area contributed by atoms with Crippen molar-refractivity contribution in [2.75, 3.05) is 0 Å². The van der Waals surface area contributed by atoms with Crippen LogP contribution < -0.4 is 0 Å². The van der Waals surface area contributed by atoms with Crippen LogP contribution in [0.5, 0.6) is 0 Å². The maximum Gasteiger partial charge on any atom is 0.181 e. The molecule has 0 atom stereocenters. The lowest BCUT2D eigenvalue weighted by Crippen LogP contribution is -1.81. The third-order valence-corrected chi connectivity index (χ3v) is 4.15. The number of nitrogens with zero attached hydrogens (tertiary/aromatic N) is 2. The lowest BCUT2D eigenvalue weighted by atomic mass is 10.2. The van der Waals surface area contributed by atoms with E-state index in [1.54, 1.807) is 11.3 Å². The van der Waals surface area contributed by atoms with Crippen molar-refractivity contribution in [2.45, 2.75) is 0 Å². The Bertz CT molecular complexity index is 656. The van der Waals surface area contributed by atoms with Gasteiger partial charge in [0.15, 0.2) is 11.6 Å². The molecule has 0 saturated carbocycles. The summed E-state index contributed by atoms with van der Waals surface area (Å²) < 4.78 is 1.99. The van der Waals surface area contributed by atoms with Gasteiger partial charge in [-0.2, -0.15) is 5.10 Å². The summed E-state index contributed by atoms with van der Waals surface area (Å²) in [6, 6.07) is 9.98. The second-order valence-corrected chi connectivity index (χ2v) is 6.42. The summed E-state index contributed by atoms with van der Waals surface area (Å²) in [5, 5.41) is 9.24. The molecule has 0 spiro atoms. The molecule has 0 bridgehead atoms. The number of hydrogen-bond acceptors (Lipinski definition) is 3. The summed E-state index contributed by atoms with van der Waals surface area (Å²) in [6.45, 7) is 0. The predicted octanol–water partition coefficient (Wildman–Crippen LogP) is 4.73. The van der Waals surface area contributed by atoms with Crippen LogP contribution in [-0.4, -0.2) is 15.2 Å². The van der Waals surface area contributed by atoms with Crippen molar-refractivity contribution in [1.29, 1.82) is 0 Å². The average molecular weight is 385 g/mol. The smallest absolute Gasteiger partial charge is 0.181 e. The SMILES string of the molecule is Brc1cc(Br)cc(-c2n[nH]c(-c3cccs3)n2)c1. The zero-order chi connectivity index (χ0) is 12.5. The fourth-order valence-electron chi connectivity index (χ4n) is 1.60. The highest BCUT2D eigenvalue weighted by atomic mass is 79.9. The molecule has 0 saturated heterocycles. The van der Waals surface area contributed by atoms with Crippen LogP contribution >= 0.6 is 43.2 Å². The van der Waals surface area contributed by atoms with E-state index >= 15 is 0 Å². The van der Waals surface area contributed by atoms with Crippen LogP contribution in [0.2, 0.25) is 0 Å². The van der Waals surface area contributed by atoms with Gasteiger partial charge < -0.3 is 0 Å². The monoisotopic (exact) mass is 383 g/mol. The Labute approximate surface area is 125 Å². The Morgan fingerprint density at radius 1 is 1.11 bits per heavy atom. The van der Waals surface area contributed by atoms with Crippen LogP contribution in [0.4, 0.5) is 0 Å². The number of aromatic amines is 1. The first kappa shape index (κ1) is 12.1. The van der Waals surface area contributed by atoms with Crippen LogP contribution in [0.1, 0.15) is 0 Å². The van der Waals surface area contributed by atoms with E-state index < -0.39 is 0 Å². The average Bonchev–Trinajstić information content (AvgIpc) is 2.99. The van der Waals surface area contributed by atoms with Gasteiger partial charge in [0, 0.05) is 14.5 Å². The first-order chi connectivity index (χ1) is 8.72. The molecule has 18 heavy (non-hydrogen) atoms. The van der Waals surface area contributed by atoms with Gasteiger partial charge in [0.25, 0.3) is 0 Å². The molecule has 0 fully saturated rings. The minimum Gasteiger partial charge on any atom is -0.258 e. The third kappa shape index (κ3) is 2.41. The molecule has 6 heteroatoms. The first-order valence-electron chi connectivity index (χ1n) is 5.15. The van der Waals surface area contributed by atoms with Gasteiger partial charge in [-0.05, 0) is 29.6 Å². The largest absolute Gasteiger partial charge is 0.258 e. The number of nitrogens with one attached hydrogen (secondary N) is 1. The van der Waals surface area contributed by atoms with Gasteiger partial charge in [0.2, 0.25) is 0 Å². The van der Waals surface area contributed by atoms with Gasteiger partial charge >= 0.3 is 0 Å². The molecule has 0 aliphatic carbocycles. The van der Waals surface area contributed by atoms with Crippen LogP contribution in [0.25, 0.3) is 22.1 Å². The molecule has 0 aliphatic rings.